The smallest absolute Gasteiger partial charge is 0.305 e. The molecule has 7 nitrogen and oxygen atoms in total. The van der Waals surface area contributed by atoms with E-state index in [1.165, 1.54) is 16.6 Å². The fourth-order valence-corrected chi connectivity index (χ4v) is 2.48. The first-order valence-corrected chi connectivity index (χ1v) is 7.42. The van der Waals surface area contributed by atoms with Crippen molar-refractivity contribution in [3.05, 3.63) is 39.9 Å². The van der Waals surface area contributed by atoms with Crippen molar-refractivity contribution in [1.29, 1.82) is 0 Å². The van der Waals surface area contributed by atoms with Gasteiger partial charge in [0, 0.05) is 13.6 Å². The Morgan fingerprint density at radius 2 is 1.91 bits per heavy atom. The maximum atomic E-state index is 12.3. The zero-order chi connectivity index (χ0) is 17.1. The lowest BCUT2D eigenvalue weighted by Gasteiger charge is -2.13. The van der Waals surface area contributed by atoms with Crippen LogP contribution in [0.2, 0.25) is 10.0 Å². The molecule has 0 aliphatic rings. The Morgan fingerprint density at radius 1 is 1.30 bits per heavy atom. The molecule has 0 bridgehead atoms. The predicted molar refractivity (Wildman–Crippen MR) is 85.3 cm³/mol. The minimum atomic E-state index is -0.984. The zero-order valence-electron chi connectivity index (χ0n) is 12.5. The third-order valence-corrected chi connectivity index (χ3v) is 3.73. The number of nitrogens with zero attached hydrogens (tertiary/aromatic N) is 4. The maximum Gasteiger partial charge on any atom is 0.305 e. The number of halogens is 2. The number of amides is 1. The maximum absolute atomic E-state index is 12.3. The fourth-order valence-electron chi connectivity index (χ4n) is 1.92. The summed E-state index contributed by atoms with van der Waals surface area (Å²) in [5.74, 6) is -1.07. The molecule has 1 aromatic carbocycles. The molecule has 23 heavy (non-hydrogen) atoms. The van der Waals surface area contributed by atoms with Gasteiger partial charge in [0.25, 0.3) is 5.91 Å². The van der Waals surface area contributed by atoms with Gasteiger partial charge in [0.15, 0.2) is 0 Å². The number of para-hydroxylation sites is 1. The van der Waals surface area contributed by atoms with Gasteiger partial charge in [-0.3, -0.25) is 9.59 Å². The van der Waals surface area contributed by atoms with Crippen molar-refractivity contribution in [1.82, 2.24) is 19.7 Å². The summed E-state index contributed by atoms with van der Waals surface area (Å²) in [6, 6.07) is 5.01. The van der Waals surface area contributed by atoms with Gasteiger partial charge in [-0.15, -0.1) is 5.10 Å². The van der Waals surface area contributed by atoms with Crippen molar-refractivity contribution in [3.63, 3.8) is 0 Å². The third-order valence-electron chi connectivity index (χ3n) is 3.12. The molecule has 2 rings (SSSR count). The van der Waals surface area contributed by atoms with E-state index < -0.39 is 11.9 Å². The molecule has 0 fully saturated rings. The zero-order valence-corrected chi connectivity index (χ0v) is 14.0. The molecule has 0 atom stereocenters. The van der Waals surface area contributed by atoms with Gasteiger partial charge in [-0.2, -0.15) is 0 Å². The lowest BCUT2D eigenvalue weighted by atomic mass is 10.3. The van der Waals surface area contributed by atoms with Crippen LogP contribution in [-0.2, 0) is 4.79 Å². The van der Waals surface area contributed by atoms with Crippen LogP contribution in [0.4, 0.5) is 0 Å². The fraction of sp³-hybridized carbons (Fsp3) is 0.286. The Kier molecular flexibility index (Phi) is 5.23. The van der Waals surface area contributed by atoms with Crippen LogP contribution in [0.1, 0.15) is 22.9 Å². The average Bonchev–Trinajstić information content (AvgIpc) is 2.85. The molecular formula is C14H14Cl2N4O3. The van der Waals surface area contributed by atoms with E-state index in [1.54, 1.807) is 25.1 Å². The van der Waals surface area contributed by atoms with Crippen LogP contribution in [0, 0.1) is 6.92 Å². The molecule has 0 saturated carbocycles. The molecular weight excluding hydrogens is 343 g/mol. The van der Waals surface area contributed by atoms with E-state index in [0.717, 1.165) is 0 Å². The molecule has 1 aromatic heterocycles. The molecule has 122 valence electrons. The summed E-state index contributed by atoms with van der Waals surface area (Å²) in [5.41, 5.74) is 0.438. The molecule has 0 saturated heterocycles. The van der Waals surface area contributed by atoms with Gasteiger partial charge in [0.05, 0.1) is 16.5 Å². The highest BCUT2D eigenvalue weighted by Gasteiger charge is 2.21. The third kappa shape index (κ3) is 3.80. The van der Waals surface area contributed by atoms with Gasteiger partial charge in [0.2, 0.25) is 5.82 Å². The van der Waals surface area contributed by atoms with Crippen LogP contribution in [0.3, 0.4) is 0 Å². The van der Waals surface area contributed by atoms with Crippen molar-refractivity contribution in [2.24, 2.45) is 0 Å². The van der Waals surface area contributed by atoms with Gasteiger partial charge in [-0.25, -0.2) is 9.67 Å². The molecule has 1 N–H and O–H groups in total. The number of aromatic nitrogens is 3. The van der Waals surface area contributed by atoms with E-state index in [2.05, 4.69) is 10.1 Å². The van der Waals surface area contributed by atoms with Crippen LogP contribution in [0.5, 0.6) is 0 Å². The Morgan fingerprint density at radius 3 is 2.48 bits per heavy atom. The van der Waals surface area contributed by atoms with Crippen LogP contribution in [-0.4, -0.2) is 50.2 Å². The van der Waals surface area contributed by atoms with Crippen LogP contribution < -0.4 is 0 Å². The largest absolute Gasteiger partial charge is 0.481 e. The van der Waals surface area contributed by atoms with E-state index in [4.69, 9.17) is 28.3 Å². The molecule has 0 radical (unpaired) electrons. The summed E-state index contributed by atoms with van der Waals surface area (Å²) in [7, 11) is 1.49. The lowest BCUT2D eigenvalue weighted by Crippen LogP contribution is -2.30. The summed E-state index contributed by atoms with van der Waals surface area (Å²) in [4.78, 5) is 28.2. The number of rotatable bonds is 5. The molecule has 2 aromatic rings. The first kappa shape index (κ1) is 17.2. The number of benzene rings is 1. The molecule has 9 heteroatoms. The highest BCUT2D eigenvalue weighted by Crippen LogP contribution is 2.28. The number of carbonyl (C=O) groups is 2. The summed E-state index contributed by atoms with van der Waals surface area (Å²) in [6.07, 6.45) is -0.154. The number of aryl methyl sites for hydroxylation is 1. The second-order valence-corrected chi connectivity index (χ2v) is 5.65. The van der Waals surface area contributed by atoms with Crippen molar-refractivity contribution in [2.45, 2.75) is 13.3 Å². The SMILES string of the molecule is Cc1nc(C(=O)N(C)CCC(=O)O)nn1-c1c(Cl)cccc1Cl. The molecule has 1 heterocycles. The summed E-state index contributed by atoms with van der Waals surface area (Å²) in [6.45, 7) is 1.73. The topological polar surface area (TPSA) is 88.3 Å². The first-order valence-electron chi connectivity index (χ1n) is 6.66. The monoisotopic (exact) mass is 356 g/mol. The predicted octanol–water partition coefficient (Wildman–Crippen LogP) is 2.43. The number of carboxylic acid groups (broad SMARTS) is 1. The second-order valence-electron chi connectivity index (χ2n) is 4.84. The highest BCUT2D eigenvalue weighted by atomic mass is 35.5. The molecule has 0 spiro atoms. The van der Waals surface area contributed by atoms with Crippen molar-refractivity contribution >= 4 is 35.1 Å². The van der Waals surface area contributed by atoms with Crippen LogP contribution >= 0.6 is 23.2 Å². The number of carbonyl (C=O) groups excluding carboxylic acids is 1. The Hall–Kier alpha value is -2.12. The Labute approximate surface area is 142 Å². The number of hydrogen-bond acceptors (Lipinski definition) is 4. The Bertz CT molecular complexity index is 740. The van der Waals surface area contributed by atoms with E-state index in [9.17, 15) is 9.59 Å². The van der Waals surface area contributed by atoms with Gasteiger partial charge >= 0.3 is 5.97 Å². The minimum Gasteiger partial charge on any atom is -0.481 e. The number of hydrogen-bond donors (Lipinski definition) is 1. The number of carboxylic acids is 1. The molecule has 0 aliphatic heterocycles. The lowest BCUT2D eigenvalue weighted by molar-refractivity contribution is -0.137. The van der Waals surface area contributed by atoms with E-state index >= 15 is 0 Å². The Balaban J connectivity index is 2.31. The van der Waals surface area contributed by atoms with Gasteiger partial charge in [-0.05, 0) is 19.1 Å². The molecule has 1 amide bonds. The van der Waals surface area contributed by atoms with Crippen LogP contribution in [0.25, 0.3) is 5.69 Å². The summed E-state index contributed by atoms with van der Waals surface area (Å²) < 4.78 is 1.39. The van der Waals surface area contributed by atoms with Gasteiger partial charge in [-0.1, -0.05) is 29.3 Å². The number of aliphatic carboxylic acids is 1. The van der Waals surface area contributed by atoms with E-state index in [-0.39, 0.29) is 18.8 Å². The average molecular weight is 357 g/mol. The molecule has 0 unspecified atom stereocenters. The van der Waals surface area contributed by atoms with Gasteiger partial charge in [0.1, 0.15) is 11.5 Å². The second kappa shape index (κ2) is 6.97. The van der Waals surface area contributed by atoms with Crippen LogP contribution in [0.15, 0.2) is 18.2 Å². The van der Waals surface area contributed by atoms with Crippen molar-refractivity contribution in [2.75, 3.05) is 13.6 Å². The van der Waals surface area contributed by atoms with E-state index in [0.29, 0.717) is 21.6 Å². The molecule has 0 aliphatic carbocycles. The quantitative estimate of drug-likeness (QED) is 0.888. The van der Waals surface area contributed by atoms with Crippen molar-refractivity contribution in [3.8, 4) is 5.69 Å². The summed E-state index contributed by atoms with van der Waals surface area (Å²) >= 11 is 12.3. The summed E-state index contributed by atoms with van der Waals surface area (Å²) in [5, 5.41) is 13.6. The van der Waals surface area contributed by atoms with Crippen molar-refractivity contribution < 1.29 is 14.7 Å². The normalized spacial score (nSPS) is 10.6. The van der Waals surface area contributed by atoms with Gasteiger partial charge < -0.3 is 10.0 Å². The standard InChI is InChI=1S/C14H14Cl2N4O3/c1-8-17-13(14(23)19(2)7-6-11(21)22)18-20(8)12-9(15)4-3-5-10(12)16/h3-5H,6-7H2,1-2H3,(H,21,22). The first-order chi connectivity index (χ1) is 10.8. The highest BCUT2D eigenvalue weighted by molar-refractivity contribution is 6.37. The van der Waals surface area contributed by atoms with E-state index in [1.807, 2.05) is 0 Å². The minimum absolute atomic E-state index is 0.0497.